The number of nitriles is 1. The molecule has 2 heterocycles. The third-order valence-electron chi connectivity index (χ3n) is 1.75. The molecule has 6 nitrogen and oxygen atoms in total. The largest absolute Gasteiger partial charge is 0.312 e. The Labute approximate surface area is 92.4 Å². The first-order valence-corrected chi connectivity index (χ1v) is 4.70. The quantitative estimate of drug-likeness (QED) is 0.818. The molecule has 2 rings (SSSR count). The normalized spacial score (nSPS) is 9.87. The molecule has 74 valence electrons. The molecule has 0 spiro atoms. The van der Waals surface area contributed by atoms with Crippen LogP contribution in [-0.4, -0.2) is 19.5 Å². The Morgan fingerprint density at radius 1 is 1.53 bits per heavy atom. The van der Waals surface area contributed by atoms with Crippen LogP contribution >= 0.6 is 15.9 Å². The van der Waals surface area contributed by atoms with Gasteiger partial charge < -0.3 is 4.98 Å². The number of halogens is 1. The second-order valence-corrected chi connectivity index (χ2v) is 3.39. The number of H-pyrrole nitrogens is 1. The summed E-state index contributed by atoms with van der Waals surface area (Å²) in [6.45, 7) is 0. The predicted molar refractivity (Wildman–Crippen MR) is 54.4 cm³/mol. The highest BCUT2D eigenvalue weighted by Gasteiger charge is 2.10. The molecule has 0 amide bonds. The summed E-state index contributed by atoms with van der Waals surface area (Å²) in [5.74, 6) is 0.515. The zero-order valence-electron chi connectivity index (χ0n) is 7.31. The Kier molecular flexibility index (Phi) is 2.35. The van der Waals surface area contributed by atoms with Crippen LogP contribution in [0.5, 0.6) is 0 Å². The lowest BCUT2D eigenvalue weighted by Gasteiger charge is -2.02. The van der Waals surface area contributed by atoms with Crippen LogP contribution in [-0.2, 0) is 0 Å². The van der Waals surface area contributed by atoms with Gasteiger partial charge in [0.05, 0.1) is 6.33 Å². The predicted octanol–water partition coefficient (Wildman–Crippen LogP) is 0.590. The fraction of sp³-hybridized carbons (Fsp3) is 0. The van der Waals surface area contributed by atoms with Crippen molar-refractivity contribution in [2.75, 3.05) is 0 Å². The summed E-state index contributed by atoms with van der Waals surface area (Å²) >= 11 is 3.10. The van der Waals surface area contributed by atoms with Gasteiger partial charge in [-0.3, -0.25) is 9.36 Å². The number of rotatable bonds is 1. The van der Waals surface area contributed by atoms with Gasteiger partial charge in [0.25, 0.3) is 5.56 Å². The van der Waals surface area contributed by atoms with E-state index >= 15 is 0 Å². The van der Waals surface area contributed by atoms with Crippen LogP contribution < -0.4 is 5.56 Å². The van der Waals surface area contributed by atoms with E-state index in [1.807, 2.05) is 6.07 Å². The second kappa shape index (κ2) is 3.67. The minimum Gasteiger partial charge on any atom is -0.312 e. The standard InChI is InChI=1S/C8H4BrN5O/c9-6-7(12-4-13-8(6)15)14-2-1-11-5(14)3-10/h1-2,4H,(H,12,13,15). The van der Waals surface area contributed by atoms with Crippen LogP contribution in [0.2, 0.25) is 0 Å². The van der Waals surface area contributed by atoms with E-state index in [1.165, 1.54) is 17.1 Å². The Morgan fingerprint density at radius 2 is 2.33 bits per heavy atom. The molecule has 2 aromatic heterocycles. The highest BCUT2D eigenvalue weighted by atomic mass is 79.9. The molecule has 7 heteroatoms. The minimum absolute atomic E-state index is 0.175. The van der Waals surface area contributed by atoms with Gasteiger partial charge in [0.1, 0.15) is 10.5 Å². The van der Waals surface area contributed by atoms with Gasteiger partial charge in [-0.15, -0.1) is 0 Å². The maximum atomic E-state index is 11.3. The average molecular weight is 266 g/mol. The first kappa shape index (κ1) is 9.61. The van der Waals surface area contributed by atoms with Crippen molar-refractivity contribution in [2.45, 2.75) is 0 Å². The van der Waals surface area contributed by atoms with Crippen molar-refractivity contribution in [1.82, 2.24) is 19.5 Å². The van der Waals surface area contributed by atoms with Gasteiger partial charge in [0.2, 0.25) is 5.82 Å². The lowest BCUT2D eigenvalue weighted by Crippen LogP contribution is -2.12. The lowest BCUT2D eigenvalue weighted by atomic mass is 10.5. The summed E-state index contributed by atoms with van der Waals surface area (Å²) in [5.41, 5.74) is -0.308. The first-order valence-electron chi connectivity index (χ1n) is 3.91. The number of aromatic nitrogens is 4. The Balaban J connectivity index is 2.71. The topological polar surface area (TPSA) is 87.4 Å². The van der Waals surface area contributed by atoms with Gasteiger partial charge in [-0.1, -0.05) is 0 Å². The Morgan fingerprint density at radius 3 is 3.07 bits per heavy atom. The van der Waals surface area contributed by atoms with Crippen LogP contribution in [0.1, 0.15) is 5.82 Å². The molecule has 0 saturated heterocycles. The fourth-order valence-corrected chi connectivity index (χ4v) is 1.51. The molecule has 0 atom stereocenters. The van der Waals surface area contributed by atoms with Gasteiger partial charge in [-0.2, -0.15) is 5.26 Å². The van der Waals surface area contributed by atoms with E-state index < -0.39 is 0 Å². The highest BCUT2D eigenvalue weighted by Crippen LogP contribution is 2.14. The van der Waals surface area contributed by atoms with Crippen molar-refractivity contribution >= 4 is 15.9 Å². The molecule has 0 saturated carbocycles. The number of hydrogen-bond donors (Lipinski definition) is 1. The van der Waals surface area contributed by atoms with E-state index in [0.29, 0.717) is 5.82 Å². The average Bonchev–Trinajstić information content (AvgIpc) is 2.70. The number of nitrogens with zero attached hydrogens (tertiary/aromatic N) is 4. The summed E-state index contributed by atoms with van der Waals surface area (Å²) in [4.78, 5) is 21.5. The summed E-state index contributed by atoms with van der Waals surface area (Å²) in [6.07, 6.45) is 4.29. The summed E-state index contributed by atoms with van der Waals surface area (Å²) in [5, 5.41) is 8.77. The van der Waals surface area contributed by atoms with Crippen molar-refractivity contribution in [1.29, 1.82) is 5.26 Å². The van der Waals surface area contributed by atoms with Crippen molar-refractivity contribution in [3.05, 3.63) is 39.4 Å². The smallest absolute Gasteiger partial charge is 0.267 e. The minimum atomic E-state index is -0.308. The Bertz CT molecular complexity index is 594. The molecule has 2 aromatic rings. The molecule has 0 aliphatic carbocycles. The second-order valence-electron chi connectivity index (χ2n) is 2.60. The monoisotopic (exact) mass is 265 g/mol. The summed E-state index contributed by atoms with van der Waals surface area (Å²) in [6, 6.07) is 1.90. The van der Waals surface area contributed by atoms with Crippen LogP contribution in [0.3, 0.4) is 0 Å². The van der Waals surface area contributed by atoms with Crippen molar-refractivity contribution in [2.24, 2.45) is 0 Å². The molecule has 1 N–H and O–H groups in total. The van der Waals surface area contributed by atoms with E-state index in [0.717, 1.165) is 0 Å². The molecular formula is C8H4BrN5O. The first-order chi connectivity index (χ1) is 7.24. The maximum absolute atomic E-state index is 11.3. The molecule has 0 aliphatic heterocycles. The Hall–Kier alpha value is -1.94. The fourth-order valence-electron chi connectivity index (χ4n) is 1.10. The van der Waals surface area contributed by atoms with Crippen molar-refractivity contribution < 1.29 is 0 Å². The van der Waals surface area contributed by atoms with Gasteiger partial charge in [0, 0.05) is 12.4 Å². The van der Waals surface area contributed by atoms with E-state index in [9.17, 15) is 4.79 Å². The molecule has 0 aliphatic rings. The number of nitrogens with one attached hydrogen (secondary N) is 1. The molecular weight excluding hydrogens is 262 g/mol. The van der Waals surface area contributed by atoms with Gasteiger partial charge >= 0.3 is 0 Å². The summed E-state index contributed by atoms with van der Waals surface area (Å²) in [7, 11) is 0. The van der Waals surface area contributed by atoms with E-state index in [4.69, 9.17) is 5.26 Å². The molecule has 0 radical (unpaired) electrons. The van der Waals surface area contributed by atoms with Gasteiger partial charge in [-0.25, -0.2) is 9.97 Å². The molecule has 15 heavy (non-hydrogen) atoms. The van der Waals surface area contributed by atoms with E-state index in [2.05, 4.69) is 30.9 Å². The number of imidazole rings is 1. The molecule has 0 aromatic carbocycles. The summed E-state index contributed by atoms with van der Waals surface area (Å²) < 4.78 is 1.69. The zero-order valence-corrected chi connectivity index (χ0v) is 8.89. The number of aromatic amines is 1. The zero-order chi connectivity index (χ0) is 10.8. The van der Waals surface area contributed by atoms with Crippen LogP contribution in [0.4, 0.5) is 0 Å². The third-order valence-corrected chi connectivity index (χ3v) is 2.46. The third kappa shape index (κ3) is 1.55. The van der Waals surface area contributed by atoms with E-state index in [-0.39, 0.29) is 15.9 Å². The van der Waals surface area contributed by atoms with Crippen LogP contribution in [0.15, 0.2) is 28.0 Å². The van der Waals surface area contributed by atoms with Gasteiger partial charge in [0.15, 0.2) is 5.82 Å². The molecule has 0 unspecified atom stereocenters. The van der Waals surface area contributed by atoms with Crippen molar-refractivity contribution in [3.8, 4) is 11.9 Å². The molecule has 0 bridgehead atoms. The lowest BCUT2D eigenvalue weighted by molar-refractivity contribution is 0.928. The molecule has 0 fully saturated rings. The van der Waals surface area contributed by atoms with Crippen LogP contribution in [0, 0.1) is 11.3 Å². The van der Waals surface area contributed by atoms with Crippen molar-refractivity contribution in [3.63, 3.8) is 0 Å². The number of hydrogen-bond acceptors (Lipinski definition) is 4. The van der Waals surface area contributed by atoms with E-state index in [1.54, 1.807) is 6.20 Å². The maximum Gasteiger partial charge on any atom is 0.267 e. The van der Waals surface area contributed by atoms with Gasteiger partial charge in [-0.05, 0) is 15.9 Å². The van der Waals surface area contributed by atoms with Crippen LogP contribution in [0.25, 0.3) is 5.82 Å². The SMILES string of the molecule is N#Cc1nccn1-c1nc[nH]c(=O)c1Br. The highest BCUT2D eigenvalue weighted by molar-refractivity contribution is 9.10.